The van der Waals surface area contributed by atoms with Crippen LogP contribution in [0.4, 0.5) is 0 Å². The van der Waals surface area contributed by atoms with Gasteiger partial charge in [0.1, 0.15) is 6.54 Å². The van der Waals surface area contributed by atoms with Crippen molar-refractivity contribution < 1.29 is 14.3 Å². The normalized spacial score (nSPS) is 17.9. The highest BCUT2D eigenvalue weighted by molar-refractivity contribution is 5.84. The molecule has 0 unspecified atom stereocenters. The van der Waals surface area contributed by atoms with E-state index in [1.807, 2.05) is 13.0 Å². The molecule has 1 aliphatic heterocycles. The SMILES string of the molecule is CCNC(=NCC(=O)N(C)C)NCC1(c2ccc3c(c2)OCO3)CCCCC1. The van der Waals surface area contributed by atoms with Gasteiger partial charge in [0.2, 0.25) is 12.7 Å². The van der Waals surface area contributed by atoms with Crippen LogP contribution in [-0.4, -0.2) is 57.3 Å². The molecule has 1 heterocycles. The summed E-state index contributed by atoms with van der Waals surface area (Å²) in [6.07, 6.45) is 5.94. The number of hydrogen-bond acceptors (Lipinski definition) is 4. The summed E-state index contributed by atoms with van der Waals surface area (Å²) in [5.41, 5.74) is 1.31. The lowest BCUT2D eigenvalue weighted by Crippen LogP contribution is -2.47. The third-order valence-corrected chi connectivity index (χ3v) is 5.61. The molecule has 3 rings (SSSR count). The second-order valence-corrected chi connectivity index (χ2v) is 7.75. The van der Waals surface area contributed by atoms with Crippen LogP contribution >= 0.6 is 0 Å². The van der Waals surface area contributed by atoms with Crippen LogP contribution in [0.25, 0.3) is 0 Å². The molecule has 1 aromatic carbocycles. The molecule has 1 fully saturated rings. The number of hydrogen-bond donors (Lipinski definition) is 2. The number of ether oxygens (including phenoxy) is 2. The zero-order valence-corrected chi connectivity index (χ0v) is 17.2. The molecular formula is C21H32N4O3. The van der Waals surface area contributed by atoms with Crippen LogP contribution in [0.5, 0.6) is 11.5 Å². The minimum absolute atomic E-state index is 0.0136. The monoisotopic (exact) mass is 388 g/mol. The van der Waals surface area contributed by atoms with Gasteiger partial charge < -0.3 is 25.0 Å². The quantitative estimate of drug-likeness (QED) is 0.578. The highest BCUT2D eigenvalue weighted by Crippen LogP contribution is 2.43. The maximum absolute atomic E-state index is 11.9. The summed E-state index contributed by atoms with van der Waals surface area (Å²) < 4.78 is 11.1. The van der Waals surface area contributed by atoms with E-state index in [2.05, 4.69) is 27.8 Å². The smallest absolute Gasteiger partial charge is 0.243 e. The molecule has 0 spiro atoms. The number of likely N-dealkylation sites (N-methyl/N-ethyl adjacent to an activating group) is 1. The zero-order valence-electron chi connectivity index (χ0n) is 17.2. The zero-order chi connectivity index (χ0) is 20.0. The molecule has 154 valence electrons. The first-order valence-corrected chi connectivity index (χ1v) is 10.2. The highest BCUT2D eigenvalue weighted by atomic mass is 16.7. The summed E-state index contributed by atoms with van der Waals surface area (Å²) in [6, 6.07) is 6.32. The second kappa shape index (κ2) is 9.17. The largest absolute Gasteiger partial charge is 0.454 e. The second-order valence-electron chi connectivity index (χ2n) is 7.75. The van der Waals surface area contributed by atoms with Gasteiger partial charge in [-0.3, -0.25) is 4.79 Å². The minimum Gasteiger partial charge on any atom is -0.454 e. The van der Waals surface area contributed by atoms with E-state index < -0.39 is 0 Å². The fourth-order valence-electron chi connectivity index (χ4n) is 3.91. The maximum atomic E-state index is 11.9. The first kappa shape index (κ1) is 20.3. The summed E-state index contributed by atoms with van der Waals surface area (Å²) in [7, 11) is 3.49. The molecule has 0 atom stereocenters. The van der Waals surface area contributed by atoms with Gasteiger partial charge in [-0.25, -0.2) is 4.99 Å². The van der Waals surface area contributed by atoms with Gasteiger partial charge in [0.05, 0.1) is 0 Å². The fourth-order valence-corrected chi connectivity index (χ4v) is 3.91. The van der Waals surface area contributed by atoms with Crippen molar-refractivity contribution in [1.29, 1.82) is 0 Å². The average Bonchev–Trinajstić information content (AvgIpc) is 3.18. The molecule has 0 bridgehead atoms. The van der Waals surface area contributed by atoms with Gasteiger partial charge in [-0.2, -0.15) is 0 Å². The number of amides is 1. The van der Waals surface area contributed by atoms with E-state index in [9.17, 15) is 4.79 Å². The maximum Gasteiger partial charge on any atom is 0.243 e. The predicted octanol–water partition coefficient (Wildman–Crippen LogP) is 2.26. The van der Waals surface area contributed by atoms with Crippen LogP contribution in [0.3, 0.4) is 0 Å². The Morgan fingerprint density at radius 3 is 2.61 bits per heavy atom. The van der Waals surface area contributed by atoms with E-state index in [1.165, 1.54) is 24.8 Å². The predicted molar refractivity (Wildman–Crippen MR) is 110 cm³/mol. The standard InChI is InChI=1S/C21H32N4O3/c1-4-22-20(23-13-19(26)25(2)3)24-14-21(10-6-5-7-11-21)16-8-9-17-18(12-16)28-15-27-17/h8-9,12H,4-7,10-11,13-15H2,1-3H3,(H2,22,23,24). The summed E-state index contributed by atoms with van der Waals surface area (Å²) in [6.45, 7) is 3.98. The van der Waals surface area contributed by atoms with Crippen LogP contribution in [0.1, 0.15) is 44.6 Å². The Morgan fingerprint density at radius 1 is 1.14 bits per heavy atom. The summed E-state index contributed by atoms with van der Waals surface area (Å²) in [5.74, 6) is 2.32. The van der Waals surface area contributed by atoms with Crippen LogP contribution in [-0.2, 0) is 10.2 Å². The van der Waals surface area contributed by atoms with Crippen molar-refractivity contribution in [3.63, 3.8) is 0 Å². The third-order valence-electron chi connectivity index (χ3n) is 5.61. The van der Waals surface area contributed by atoms with Crippen LogP contribution < -0.4 is 20.1 Å². The molecule has 1 aliphatic carbocycles. The lowest BCUT2D eigenvalue weighted by molar-refractivity contribution is -0.127. The molecule has 7 heteroatoms. The van der Waals surface area contributed by atoms with Crippen LogP contribution in [0.2, 0.25) is 0 Å². The molecule has 1 aromatic rings. The summed E-state index contributed by atoms with van der Waals surface area (Å²) in [4.78, 5) is 17.9. The number of nitrogens with zero attached hydrogens (tertiary/aromatic N) is 2. The van der Waals surface area contributed by atoms with Gasteiger partial charge in [0.15, 0.2) is 17.5 Å². The average molecular weight is 389 g/mol. The number of rotatable bonds is 6. The molecule has 28 heavy (non-hydrogen) atoms. The van der Waals surface area contributed by atoms with Crippen molar-refractivity contribution in [2.24, 2.45) is 4.99 Å². The van der Waals surface area contributed by atoms with E-state index in [1.54, 1.807) is 19.0 Å². The van der Waals surface area contributed by atoms with Gasteiger partial charge in [-0.1, -0.05) is 25.3 Å². The van der Waals surface area contributed by atoms with Crippen LogP contribution in [0, 0.1) is 0 Å². The van der Waals surface area contributed by atoms with E-state index in [0.717, 1.165) is 37.4 Å². The number of fused-ring (bicyclic) bond motifs is 1. The summed E-state index contributed by atoms with van der Waals surface area (Å²) in [5, 5.41) is 6.74. The lowest BCUT2D eigenvalue weighted by Gasteiger charge is -2.38. The number of guanidine groups is 1. The Bertz CT molecular complexity index is 712. The first-order chi connectivity index (χ1) is 13.5. The Labute approximate surface area is 167 Å². The van der Waals surface area contributed by atoms with Crippen molar-refractivity contribution in [1.82, 2.24) is 15.5 Å². The molecule has 0 radical (unpaired) electrons. The molecule has 2 aliphatic rings. The van der Waals surface area contributed by atoms with E-state index in [0.29, 0.717) is 12.8 Å². The van der Waals surface area contributed by atoms with Gasteiger partial charge in [-0.05, 0) is 37.5 Å². The molecule has 1 saturated carbocycles. The number of aliphatic imine (C=N–C) groups is 1. The van der Waals surface area contributed by atoms with Crippen molar-refractivity contribution in [3.05, 3.63) is 23.8 Å². The molecular weight excluding hydrogens is 356 g/mol. The van der Waals surface area contributed by atoms with E-state index >= 15 is 0 Å². The number of carbonyl (C=O) groups excluding carboxylic acids is 1. The number of benzene rings is 1. The minimum atomic E-state index is -0.0136. The van der Waals surface area contributed by atoms with E-state index in [-0.39, 0.29) is 17.9 Å². The topological polar surface area (TPSA) is 75.2 Å². The van der Waals surface area contributed by atoms with Crippen LogP contribution in [0.15, 0.2) is 23.2 Å². The van der Waals surface area contributed by atoms with Gasteiger partial charge >= 0.3 is 0 Å². The van der Waals surface area contributed by atoms with Crippen molar-refractivity contribution in [3.8, 4) is 11.5 Å². The van der Waals surface area contributed by atoms with Gasteiger partial charge in [0, 0.05) is 32.6 Å². The molecule has 0 saturated heterocycles. The molecule has 1 amide bonds. The fraction of sp³-hybridized carbons (Fsp3) is 0.619. The molecule has 2 N–H and O–H groups in total. The van der Waals surface area contributed by atoms with Gasteiger partial charge in [0.25, 0.3) is 0 Å². The molecule has 0 aromatic heterocycles. The first-order valence-electron chi connectivity index (χ1n) is 10.2. The molecule has 7 nitrogen and oxygen atoms in total. The summed E-state index contributed by atoms with van der Waals surface area (Å²) >= 11 is 0. The van der Waals surface area contributed by atoms with Crippen molar-refractivity contribution in [2.75, 3.05) is 40.5 Å². The number of carbonyl (C=O) groups is 1. The van der Waals surface area contributed by atoms with E-state index in [4.69, 9.17) is 9.47 Å². The Kier molecular flexibility index (Phi) is 6.65. The Balaban J connectivity index is 1.76. The van der Waals surface area contributed by atoms with Gasteiger partial charge in [-0.15, -0.1) is 0 Å². The Hall–Kier alpha value is -2.44. The number of nitrogens with one attached hydrogen (secondary N) is 2. The van der Waals surface area contributed by atoms with Crippen molar-refractivity contribution in [2.45, 2.75) is 44.4 Å². The third kappa shape index (κ3) is 4.69. The Morgan fingerprint density at radius 2 is 1.89 bits per heavy atom. The lowest BCUT2D eigenvalue weighted by atomic mass is 9.69. The highest BCUT2D eigenvalue weighted by Gasteiger charge is 2.35. The van der Waals surface area contributed by atoms with Crippen molar-refractivity contribution >= 4 is 11.9 Å².